The molecule has 2 aromatic rings. The number of para-hydroxylation sites is 1. The fraction of sp³-hybridized carbons (Fsp3) is 0.407. The van der Waals surface area contributed by atoms with Crippen LogP contribution in [0.1, 0.15) is 23.6 Å². The van der Waals surface area contributed by atoms with Crippen molar-refractivity contribution in [2.75, 3.05) is 56.1 Å². The molecule has 37 heavy (non-hydrogen) atoms. The summed E-state index contributed by atoms with van der Waals surface area (Å²) in [5, 5.41) is 14.6. The quantitative estimate of drug-likeness (QED) is 0.552. The molecule has 0 aliphatic carbocycles. The molecule has 4 rings (SSSR count). The van der Waals surface area contributed by atoms with Crippen molar-refractivity contribution in [1.29, 1.82) is 0 Å². The number of amides is 4. The van der Waals surface area contributed by atoms with Crippen LogP contribution in [0.3, 0.4) is 0 Å². The van der Waals surface area contributed by atoms with Gasteiger partial charge in [0.1, 0.15) is 6.54 Å². The summed E-state index contributed by atoms with van der Waals surface area (Å²) in [4.78, 5) is 49.7. The smallest absolute Gasteiger partial charge is 0.321 e. The monoisotopic (exact) mass is 506 g/mol. The van der Waals surface area contributed by atoms with E-state index in [1.165, 1.54) is 4.90 Å². The lowest BCUT2D eigenvalue weighted by molar-refractivity contribution is -0.133. The molecule has 0 radical (unpaired) electrons. The van der Waals surface area contributed by atoms with Gasteiger partial charge in [-0.05, 0) is 44.0 Å². The van der Waals surface area contributed by atoms with Gasteiger partial charge in [0.15, 0.2) is 0 Å². The second kappa shape index (κ2) is 11.5. The Morgan fingerprint density at radius 3 is 2.49 bits per heavy atom. The number of benzodiazepines with no additional fused rings is 1. The predicted molar refractivity (Wildman–Crippen MR) is 143 cm³/mol. The number of aryl methyl sites for hydroxylation is 2. The van der Waals surface area contributed by atoms with Crippen molar-refractivity contribution in [3.63, 3.8) is 0 Å². The third-order valence-electron chi connectivity index (χ3n) is 6.70. The number of nitrogens with one attached hydrogen (secondary N) is 2. The van der Waals surface area contributed by atoms with Crippen molar-refractivity contribution in [2.24, 2.45) is 4.99 Å². The molecule has 10 heteroatoms. The molecule has 0 aromatic heterocycles. The number of hydrogen-bond acceptors (Lipinski definition) is 6. The van der Waals surface area contributed by atoms with Gasteiger partial charge in [-0.1, -0.05) is 30.3 Å². The number of β-amino-alcohol motifs (C(OH)–C–C–N with tert-alkyl or cyclic N) is 1. The first-order valence-corrected chi connectivity index (χ1v) is 12.5. The standard InChI is InChI=1S/C27H34N6O4/c1-18-6-4-8-21(16-18)29-27(37)30-25-26(36)33(24-19(2)7-5-9-22(24)20(3)28-25)17-23(35)32-12-10-31(11-13-32)14-15-34/h4-9,16,25,34H,10-15,17H2,1-3H3,(H2,29,30,37)/t25-/m0/s1. The lowest BCUT2D eigenvalue weighted by Gasteiger charge is -2.36. The van der Waals surface area contributed by atoms with Crippen molar-refractivity contribution >= 4 is 34.9 Å². The van der Waals surface area contributed by atoms with Gasteiger partial charge in [0.25, 0.3) is 5.91 Å². The zero-order valence-electron chi connectivity index (χ0n) is 21.5. The van der Waals surface area contributed by atoms with Crippen molar-refractivity contribution < 1.29 is 19.5 Å². The molecule has 1 fully saturated rings. The molecule has 1 atom stereocenters. The zero-order valence-corrected chi connectivity index (χ0v) is 21.5. The highest BCUT2D eigenvalue weighted by molar-refractivity contribution is 6.14. The number of carbonyl (C=O) groups is 3. The van der Waals surface area contributed by atoms with Crippen LogP contribution in [0, 0.1) is 13.8 Å². The molecule has 2 aliphatic heterocycles. The van der Waals surface area contributed by atoms with Crippen molar-refractivity contribution in [1.82, 2.24) is 15.1 Å². The summed E-state index contributed by atoms with van der Waals surface area (Å²) in [5.74, 6) is -0.646. The van der Waals surface area contributed by atoms with Gasteiger partial charge in [-0.15, -0.1) is 0 Å². The second-order valence-electron chi connectivity index (χ2n) is 9.43. The molecule has 0 spiro atoms. The van der Waals surface area contributed by atoms with Gasteiger partial charge >= 0.3 is 6.03 Å². The van der Waals surface area contributed by atoms with Gasteiger partial charge in [-0.3, -0.25) is 24.4 Å². The van der Waals surface area contributed by atoms with E-state index in [1.807, 2.05) is 50.2 Å². The summed E-state index contributed by atoms with van der Waals surface area (Å²) in [6.45, 7) is 8.50. The molecular formula is C27H34N6O4. The molecule has 4 amide bonds. The van der Waals surface area contributed by atoms with E-state index in [2.05, 4.69) is 20.5 Å². The summed E-state index contributed by atoms with van der Waals surface area (Å²) in [6, 6.07) is 12.4. The number of anilines is 2. The number of aliphatic hydroxyl groups excluding tert-OH is 1. The van der Waals surface area contributed by atoms with Gasteiger partial charge in [-0.2, -0.15) is 0 Å². The van der Waals surface area contributed by atoms with Gasteiger partial charge in [0, 0.05) is 49.7 Å². The molecule has 0 bridgehead atoms. The van der Waals surface area contributed by atoms with E-state index in [1.54, 1.807) is 17.9 Å². The van der Waals surface area contributed by atoms with E-state index in [0.29, 0.717) is 49.8 Å². The minimum absolute atomic E-state index is 0.0808. The Hall–Kier alpha value is -3.76. The number of fused-ring (bicyclic) bond motifs is 1. The van der Waals surface area contributed by atoms with E-state index >= 15 is 0 Å². The highest BCUT2D eigenvalue weighted by Crippen LogP contribution is 2.29. The van der Waals surface area contributed by atoms with E-state index in [-0.39, 0.29) is 19.1 Å². The molecule has 0 unspecified atom stereocenters. The first kappa shape index (κ1) is 26.3. The van der Waals surface area contributed by atoms with Crippen molar-refractivity contribution in [3.8, 4) is 0 Å². The lowest BCUT2D eigenvalue weighted by Crippen LogP contribution is -2.54. The summed E-state index contributed by atoms with van der Waals surface area (Å²) in [7, 11) is 0. The number of piperazine rings is 1. The summed E-state index contributed by atoms with van der Waals surface area (Å²) < 4.78 is 0. The fourth-order valence-corrected chi connectivity index (χ4v) is 4.75. The number of carbonyl (C=O) groups excluding carboxylic acids is 3. The summed E-state index contributed by atoms with van der Waals surface area (Å²) >= 11 is 0. The number of nitrogens with zero attached hydrogens (tertiary/aromatic N) is 4. The Labute approximate surface area is 217 Å². The summed E-state index contributed by atoms with van der Waals surface area (Å²) in [5.41, 5.74) is 4.41. The third kappa shape index (κ3) is 6.15. The van der Waals surface area contributed by atoms with Gasteiger partial charge in [0.2, 0.25) is 12.1 Å². The average molecular weight is 507 g/mol. The molecule has 2 aliphatic rings. The molecule has 3 N–H and O–H groups in total. The zero-order chi connectivity index (χ0) is 26.5. The first-order valence-electron chi connectivity index (χ1n) is 12.5. The van der Waals surface area contributed by atoms with Gasteiger partial charge < -0.3 is 20.6 Å². The first-order chi connectivity index (χ1) is 17.8. The lowest BCUT2D eigenvalue weighted by atomic mass is 10.0. The van der Waals surface area contributed by atoms with Crippen LogP contribution in [0.2, 0.25) is 0 Å². The second-order valence-corrected chi connectivity index (χ2v) is 9.43. The van der Waals surface area contributed by atoms with E-state index in [4.69, 9.17) is 0 Å². The Bertz CT molecular complexity index is 1210. The maximum atomic E-state index is 13.8. The van der Waals surface area contributed by atoms with Crippen molar-refractivity contribution in [3.05, 3.63) is 59.2 Å². The van der Waals surface area contributed by atoms with E-state index in [0.717, 1.165) is 16.7 Å². The average Bonchev–Trinajstić information content (AvgIpc) is 2.96. The number of aliphatic imine (C=N–C) groups is 1. The maximum absolute atomic E-state index is 13.8. The van der Waals surface area contributed by atoms with Crippen LogP contribution in [0.15, 0.2) is 47.5 Å². The summed E-state index contributed by atoms with van der Waals surface area (Å²) in [6.07, 6.45) is -1.19. The van der Waals surface area contributed by atoms with Crippen molar-refractivity contribution in [2.45, 2.75) is 26.9 Å². The highest BCUT2D eigenvalue weighted by atomic mass is 16.3. The topological polar surface area (TPSA) is 118 Å². The van der Waals surface area contributed by atoms with E-state index < -0.39 is 18.1 Å². The number of urea groups is 1. The van der Waals surface area contributed by atoms with Crippen LogP contribution in [0.4, 0.5) is 16.2 Å². The third-order valence-corrected chi connectivity index (χ3v) is 6.70. The molecule has 0 saturated carbocycles. The minimum atomic E-state index is -1.19. The van der Waals surface area contributed by atoms with E-state index in [9.17, 15) is 19.5 Å². The van der Waals surface area contributed by atoms with Crippen LogP contribution in [-0.4, -0.2) is 90.5 Å². The van der Waals surface area contributed by atoms with Crippen LogP contribution in [-0.2, 0) is 9.59 Å². The maximum Gasteiger partial charge on any atom is 0.321 e. The number of rotatable bonds is 6. The Kier molecular flexibility index (Phi) is 8.20. The molecule has 2 aromatic carbocycles. The van der Waals surface area contributed by atoms with Gasteiger partial charge in [0.05, 0.1) is 12.3 Å². The van der Waals surface area contributed by atoms with Gasteiger partial charge in [-0.25, -0.2) is 4.79 Å². The molecule has 1 saturated heterocycles. The minimum Gasteiger partial charge on any atom is -0.395 e. The fourth-order valence-electron chi connectivity index (χ4n) is 4.75. The largest absolute Gasteiger partial charge is 0.395 e. The predicted octanol–water partition coefficient (Wildman–Crippen LogP) is 1.74. The SMILES string of the molecule is CC1=N[C@@H](NC(=O)Nc2cccc(C)c2)C(=O)N(CC(=O)N2CCN(CCO)CC2)c2c(C)cccc21. The Balaban J connectivity index is 1.55. The van der Waals surface area contributed by atoms with Crippen LogP contribution in [0.5, 0.6) is 0 Å². The Morgan fingerprint density at radius 1 is 1.05 bits per heavy atom. The molecule has 10 nitrogen and oxygen atoms in total. The molecular weight excluding hydrogens is 472 g/mol. The number of hydrogen-bond donors (Lipinski definition) is 3. The highest BCUT2D eigenvalue weighted by Gasteiger charge is 2.35. The normalized spacial score (nSPS) is 18.1. The molecule has 196 valence electrons. The van der Waals surface area contributed by atoms with Crippen LogP contribution >= 0.6 is 0 Å². The van der Waals surface area contributed by atoms with Crippen LogP contribution < -0.4 is 15.5 Å². The number of aliphatic hydroxyl groups is 1. The number of benzene rings is 2. The van der Waals surface area contributed by atoms with Crippen LogP contribution in [0.25, 0.3) is 0 Å². The Morgan fingerprint density at radius 2 is 1.78 bits per heavy atom. The molecule has 2 heterocycles.